The second kappa shape index (κ2) is 17.0. The summed E-state index contributed by atoms with van der Waals surface area (Å²) in [7, 11) is 0. The standard InChI is InChI=1S/C24H41N5O4/c1-4-25-14-16-29(17-15-26-5-2)22(30)18-21(27-6-3)23(31)28-20(24(32)33)13-12-19-10-8-7-9-11-19/h7-11,20-21,25-27H,4-6,12-18H2,1-3H3,(H,28,31)(H,32,33). The van der Waals surface area contributed by atoms with Gasteiger partial charge in [0.25, 0.3) is 0 Å². The van der Waals surface area contributed by atoms with Crippen molar-refractivity contribution >= 4 is 17.8 Å². The third-order valence-corrected chi connectivity index (χ3v) is 5.29. The third-order valence-electron chi connectivity index (χ3n) is 5.29. The van der Waals surface area contributed by atoms with Crippen LogP contribution in [0.3, 0.4) is 0 Å². The van der Waals surface area contributed by atoms with Gasteiger partial charge in [-0.25, -0.2) is 4.79 Å². The van der Waals surface area contributed by atoms with E-state index in [4.69, 9.17) is 0 Å². The first-order valence-corrected chi connectivity index (χ1v) is 11.9. The maximum Gasteiger partial charge on any atom is 0.326 e. The molecule has 0 aliphatic heterocycles. The topological polar surface area (TPSA) is 123 Å². The zero-order valence-corrected chi connectivity index (χ0v) is 20.2. The van der Waals surface area contributed by atoms with Crippen LogP contribution < -0.4 is 21.3 Å². The number of rotatable bonds is 18. The van der Waals surface area contributed by atoms with Crippen LogP contribution in [-0.4, -0.2) is 85.7 Å². The lowest BCUT2D eigenvalue weighted by atomic mass is 10.0. The number of benzene rings is 1. The minimum absolute atomic E-state index is 0.0249. The van der Waals surface area contributed by atoms with E-state index in [9.17, 15) is 19.5 Å². The maximum atomic E-state index is 13.0. The molecular weight excluding hydrogens is 422 g/mol. The van der Waals surface area contributed by atoms with E-state index < -0.39 is 24.0 Å². The lowest BCUT2D eigenvalue weighted by Crippen LogP contribution is -2.52. The number of carboxylic acids is 1. The minimum atomic E-state index is -1.08. The molecule has 0 fully saturated rings. The number of hydrogen-bond acceptors (Lipinski definition) is 6. The molecule has 33 heavy (non-hydrogen) atoms. The van der Waals surface area contributed by atoms with Gasteiger partial charge in [-0.15, -0.1) is 0 Å². The van der Waals surface area contributed by atoms with Gasteiger partial charge in [-0.3, -0.25) is 9.59 Å². The SMILES string of the molecule is CCNCCN(CCNCC)C(=O)CC(NCC)C(=O)NC(CCc1ccccc1)C(=O)O. The van der Waals surface area contributed by atoms with Gasteiger partial charge in [-0.05, 0) is 38.0 Å². The number of aryl methyl sites for hydroxylation is 1. The first-order valence-electron chi connectivity index (χ1n) is 11.9. The largest absolute Gasteiger partial charge is 0.480 e. The lowest BCUT2D eigenvalue weighted by molar-refractivity contribution is -0.142. The second-order valence-corrected chi connectivity index (χ2v) is 7.83. The van der Waals surface area contributed by atoms with Crippen LogP contribution in [0.5, 0.6) is 0 Å². The zero-order valence-electron chi connectivity index (χ0n) is 20.2. The van der Waals surface area contributed by atoms with Gasteiger partial charge in [-0.1, -0.05) is 51.1 Å². The van der Waals surface area contributed by atoms with Gasteiger partial charge in [0, 0.05) is 26.2 Å². The third kappa shape index (κ3) is 11.8. The molecule has 186 valence electrons. The Morgan fingerprint density at radius 2 is 1.52 bits per heavy atom. The quantitative estimate of drug-likeness (QED) is 0.202. The first-order chi connectivity index (χ1) is 15.9. The Balaban J connectivity index is 2.75. The van der Waals surface area contributed by atoms with Crippen LogP contribution in [0.2, 0.25) is 0 Å². The summed E-state index contributed by atoms with van der Waals surface area (Å²) in [6.07, 6.45) is 0.782. The molecule has 0 radical (unpaired) electrons. The Kier molecular flexibility index (Phi) is 14.7. The average molecular weight is 464 g/mol. The molecule has 0 saturated heterocycles. The Morgan fingerprint density at radius 1 is 0.909 bits per heavy atom. The number of carbonyl (C=O) groups is 3. The summed E-state index contributed by atoms with van der Waals surface area (Å²) in [5, 5.41) is 21.7. The number of carboxylic acid groups (broad SMARTS) is 1. The molecular formula is C24H41N5O4. The number of likely N-dealkylation sites (N-methyl/N-ethyl adjacent to an activating group) is 3. The molecule has 2 atom stereocenters. The first kappa shape index (κ1) is 28.5. The summed E-state index contributed by atoms with van der Waals surface area (Å²) < 4.78 is 0. The van der Waals surface area contributed by atoms with E-state index in [2.05, 4.69) is 21.3 Å². The van der Waals surface area contributed by atoms with Gasteiger partial charge in [-0.2, -0.15) is 0 Å². The molecule has 1 rings (SSSR count). The van der Waals surface area contributed by atoms with Gasteiger partial charge < -0.3 is 31.3 Å². The zero-order chi connectivity index (χ0) is 24.5. The predicted molar refractivity (Wildman–Crippen MR) is 130 cm³/mol. The van der Waals surface area contributed by atoms with Crippen molar-refractivity contribution < 1.29 is 19.5 Å². The fourth-order valence-corrected chi connectivity index (χ4v) is 3.44. The molecule has 0 saturated carbocycles. The van der Waals surface area contributed by atoms with Gasteiger partial charge in [0.1, 0.15) is 6.04 Å². The normalized spacial score (nSPS) is 12.7. The monoisotopic (exact) mass is 463 g/mol. The van der Waals surface area contributed by atoms with E-state index in [1.165, 1.54) is 0 Å². The minimum Gasteiger partial charge on any atom is -0.480 e. The van der Waals surface area contributed by atoms with Crippen molar-refractivity contribution in [3.63, 3.8) is 0 Å². The lowest BCUT2D eigenvalue weighted by Gasteiger charge is -2.26. The summed E-state index contributed by atoms with van der Waals surface area (Å²) in [6, 6.07) is 7.74. The molecule has 0 aliphatic carbocycles. The fraction of sp³-hybridized carbons (Fsp3) is 0.625. The fourth-order valence-electron chi connectivity index (χ4n) is 3.44. The summed E-state index contributed by atoms with van der Waals surface area (Å²) in [5.41, 5.74) is 1.01. The molecule has 1 aromatic carbocycles. The van der Waals surface area contributed by atoms with Crippen LogP contribution in [0.1, 0.15) is 39.2 Å². The molecule has 0 aliphatic rings. The van der Waals surface area contributed by atoms with E-state index in [1.807, 2.05) is 51.1 Å². The molecule has 0 heterocycles. The number of nitrogens with zero attached hydrogens (tertiary/aromatic N) is 1. The van der Waals surface area contributed by atoms with Gasteiger partial charge >= 0.3 is 5.97 Å². The number of amides is 2. The Bertz CT molecular complexity index is 691. The van der Waals surface area contributed by atoms with E-state index in [0.717, 1.165) is 18.7 Å². The molecule has 0 spiro atoms. The van der Waals surface area contributed by atoms with Gasteiger partial charge in [0.05, 0.1) is 12.5 Å². The van der Waals surface area contributed by atoms with Crippen LogP contribution in [0.15, 0.2) is 30.3 Å². The molecule has 0 aromatic heterocycles. The van der Waals surface area contributed by atoms with Crippen LogP contribution >= 0.6 is 0 Å². The van der Waals surface area contributed by atoms with Crippen molar-refractivity contribution in [2.45, 2.75) is 52.1 Å². The van der Waals surface area contributed by atoms with Crippen molar-refractivity contribution in [1.29, 1.82) is 0 Å². The van der Waals surface area contributed by atoms with Gasteiger partial charge in [0.15, 0.2) is 0 Å². The highest BCUT2D eigenvalue weighted by molar-refractivity contribution is 5.91. The van der Waals surface area contributed by atoms with Crippen molar-refractivity contribution in [3.8, 4) is 0 Å². The van der Waals surface area contributed by atoms with Crippen molar-refractivity contribution in [2.24, 2.45) is 0 Å². The smallest absolute Gasteiger partial charge is 0.326 e. The molecule has 9 heteroatoms. The Hall–Kier alpha value is -2.49. The van der Waals surface area contributed by atoms with Crippen LogP contribution in [0, 0.1) is 0 Å². The Morgan fingerprint density at radius 3 is 2.03 bits per heavy atom. The molecule has 0 bridgehead atoms. The molecule has 5 N–H and O–H groups in total. The maximum absolute atomic E-state index is 13.0. The molecule has 9 nitrogen and oxygen atoms in total. The number of hydrogen-bond donors (Lipinski definition) is 5. The average Bonchev–Trinajstić information content (AvgIpc) is 2.80. The van der Waals surface area contributed by atoms with Crippen LogP contribution in [0.25, 0.3) is 0 Å². The van der Waals surface area contributed by atoms with E-state index in [0.29, 0.717) is 39.1 Å². The Labute approximate surface area is 197 Å². The van der Waals surface area contributed by atoms with E-state index >= 15 is 0 Å². The summed E-state index contributed by atoms with van der Waals surface area (Å²) in [6.45, 7) is 10.4. The van der Waals surface area contributed by atoms with Crippen LogP contribution in [0.4, 0.5) is 0 Å². The highest BCUT2D eigenvalue weighted by Gasteiger charge is 2.28. The van der Waals surface area contributed by atoms with Crippen LogP contribution in [-0.2, 0) is 20.8 Å². The number of carbonyl (C=O) groups excluding carboxylic acids is 2. The number of aliphatic carboxylic acids is 1. The summed E-state index contributed by atoms with van der Waals surface area (Å²) in [4.78, 5) is 39.4. The summed E-state index contributed by atoms with van der Waals surface area (Å²) in [5.74, 6) is -1.69. The van der Waals surface area contributed by atoms with E-state index in [1.54, 1.807) is 4.90 Å². The van der Waals surface area contributed by atoms with Crippen molar-refractivity contribution in [1.82, 2.24) is 26.2 Å². The molecule has 1 aromatic rings. The van der Waals surface area contributed by atoms with E-state index in [-0.39, 0.29) is 18.7 Å². The highest BCUT2D eigenvalue weighted by Crippen LogP contribution is 2.07. The van der Waals surface area contributed by atoms with Gasteiger partial charge in [0.2, 0.25) is 11.8 Å². The number of nitrogens with one attached hydrogen (secondary N) is 4. The predicted octanol–water partition coefficient (Wildman–Crippen LogP) is 0.604. The van der Waals surface area contributed by atoms with Crippen molar-refractivity contribution in [2.75, 3.05) is 45.8 Å². The summed E-state index contributed by atoms with van der Waals surface area (Å²) >= 11 is 0. The molecule has 2 amide bonds. The molecule has 2 unspecified atom stereocenters. The second-order valence-electron chi connectivity index (χ2n) is 7.83. The van der Waals surface area contributed by atoms with Crippen molar-refractivity contribution in [3.05, 3.63) is 35.9 Å². The highest BCUT2D eigenvalue weighted by atomic mass is 16.4.